The average Bonchev–Trinajstić information content (AvgIpc) is 3.09. The van der Waals surface area contributed by atoms with E-state index in [0.29, 0.717) is 32.4 Å². The molecule has 0 saturated heterocycles. The maximum Gasteiger partial charge on any atom is 0.220 e. The second-order valence-electron chi connectivity index (χ2n) is 15.1. The molecule has 1 atom stereocenters. The SMILES string of the molecule is C=C(CCCCCCCCCCCCCCCCC)NCC(CCC(=O)NCC)NC(=O)CCCCCCCCCCCCCCCCC. The summed E-state index contributed by atoms with van der Waals surface area (Å²) in [7, 11) is 0. The van der Waals surface area contributed by atoms with E-state index in [1.807, 2.05) is 6.92 Å². The molecule has 0 aliphatic rings. The zero-order chi connectivity index (χ0) is 35.9. The summed E-state index contributed by atoms with van der Waals surface area (Å²) in [6.45, 7) is 12.0. The molecule has 290 valence electrons. The number of hydrogen-bond acceptors (Lipinski definition) is 3. The van der Waals surface area contributed by atoms with E-state index in [1.165, 1.54) is 180 Å². The summed E-state index contributed by atoms with van der Waals surface area (Å²) in [5.74, 6) is 0.172. The predicted octanol–water partition coefficient (Wildman–Crippen LogP) is 13.0. The molecule has 3 N–H and O–H groups in total. The summed E-state index contributed by atoms with van der Waals surface area (Å²) in [5, 5.41) is 9.58. The number of unbranched alkanes of at least 4 members (excludes halogenated alkanes) is 28. The van der Waals surface area contributed by atoms with Crippen LogP contribution in [0.5, 0.6) is 0 Å². The molecule has 0 aliphatic heterocycles. The predicted molar refractivity (Wildman–Crippen MR) is 216 cm³/mol. The van der Waals surface area contributed by atoms with Gasteiger partial charge in [0.15, 0.2) is 0 Å². The molecule has 0 spiro atoms. The van der Waals surface area contributed by atoms with Crippen molar-refractivity contribution in [2.24, 2.45) is 0 Å². The lowest BCUT2D eigenvalue weighted by atomic mass is 10.0. The fraction of sp³-hybridized carbons (Fsp3) is 0.909. The highest BCUT2D eigenvalue weighted by Gasteiger charge is 2.14. The van der Waals surface area contributed by atoms with E-state index in [0.717, 1.165) is 25.0 Å². The second kappa shape index (κ2) is 39.3. The Balaban J connectivity index is 3.94. The molecule has 2 amide bonds. The fourth-order valence-electron chi connectivity index (χ4n) is 6.84. The number of nitrogens with one attached hydrogen (secondary N) is 3. The van der Waals surface area contributed by atoms with Crippen molar-refractivity contribution in [2.75, 3.05) is 13.1 Å². The van der Waals surface area contributed by atoms with Gasteiger partial charge >= 0.3 is 0 Å². The summed E-state index contributed by atoms with van der Waals surface area (Å²) < 4.78 is 0. The Morgan fingerprint density at radius 2 is 0.776 bits per heavy atom. The smallest absolute Gasteiger partial charge is 0.220 e. The van der Waals surface area contributed by atoms with Crippen molar-refractivity contribution in [3.63, 3.8) is 0 Å². The molecule has 0 aromatic heterocycles. The third-order valence-electron chi connectivity index (χ3n) is 10.1. The molecule has 0 aliphatic carbocycles. The van der Waals surface area contributed by atoms with E-state index < -0.39 is 0 Å². The molecule has 0 bridgehead atoms. The van der Waals surface area contributed by atoms with E-state index in [4.69, 9.17) is 0 Å². The lowest BCUT2D eigenvalue weighted by molar-refractivity contribution is -0.123. The molecular formula is C44H87N3O2. The van der Waals surface area contributed by atoms with Gasteiger partial charge in [0.25, 0.3) is 0 Å². The number of carbonyl (C=O) groups is 2. The maximum absolute atomic E-state index is 12.8. The molecule has 0 radical (unpaired) electrons. The third-order valence-corrected chi connectivity index (χ3v) is 10.1. The number of carbonyl (C=O) groups excluding carboxylic acids is 2. The molecule has 49 heavy (non-hydrogen) atoms. The van der Waals surface area contributed by atoms with Crippen molar-refractivity contribution in [1.29, 1.82) is 0 Å². The Morgan fingerprint density at radius 1 is 0.429 bits per heavy atom. The Kier molecular flexibility index (Phi) is 38.1. The Bertz CT molecular complexity index is 725. The van der Waals surface area contributed by atoms with Gasteiger partial charge in [-0.05, 0) is 32.6 Å². The molecule has 0 saturated carbocycles. The molecule has 0 heterocycles. The van der Waals surface area contributed by atoms with Crippen LogP contribution in [-0.4, -0.2) is 30.9 Å². The van der Waals surface area contributed by atoms with Crippen LogP contribution in [0, 0.1) is 0 Å². The lowest BCUT2D eigenvalue weighted by Crippen LogP contribution is -2.42. The van der Waals surface area contributed by atoms with Crippen LogP contribution >= 0.6 is 0 Å². The van der Waals surface area contributed by atoms with Crippen LogP contribution in [0.4, 0.5) is 0 Å². The van der Waals surface area contributed by atoms with Crippen LogP contribution < -0.4 is 16.0 Å². The van der Waals surface area contributed by atoms with Crippen LogP contribution in [0.1, 0.15) is 239 Å². The van der Waals surface area contributed by atoms with Crippen molar-refractivity contribution < 1.29 is 9.59 Å². The summed E-state index contributed by atoms with van der Waals surface area (Å²) >= 11 is 0. The van der Waals surface area contributed by atoms with Gasteiger partial charge in [0.2, 0.25) is 11.8 Å². The Labute approximate surface area is 307 Å². The van der Waals surface area contributed by atoms with Crippen LogP contribution in [0.2, 0.25) is 0 Å². The standard InChI is InChI=1S/C44H87N3O2/c1-5-8-10-12-14-16-18-20-22-24-26-28-30-32-34-36-41(4)46-40-42(38-39-43(48)45-7-3)47-44(49)37-35-33-31-29-27-25-23-21-19-17-15-13-11-9-6-2/h42,46H,4-40H2,1-3H3,(H,45,48)(H,47,49). The van der Waals surface area contributed by atoms with Gasteiger partial charge in [-0.3, -0.25) is 9.59 Å². The number of rotatable bonds is 40. The second-order valence-corrected chi connectivity index (χ2v) is 15.1. The van der Waals surface area contributed by atoms with Gasteiger partial charge in [0.1, 0.15) is 0 Å². The highest BCUT2D eigenvalue weighted by Crippen LogP contribution is 2.16. The van der Waals surface area contributed by atoms with Gasteiger partial charge in [0.05, 0.1) is 0 Å². The van der Waals surface area contributed by atoms with Gasteiger partial charge in [-0.1, -0.05) is 200 Å². The van der Waals surface area contributed by atoms with Crippen molar-refractivity contribution in [3.8, 4) is 0 Å². The van der Waals surface area contributed by atoms with Crippen molar-refractivity contribution >= 4 is 11.8 Å². The molecular weight excluding hydrogens is 603 g/mol. The van der Waals surface area contributed by atoms with Crippen molar-refractivity contribution in [2.45, 2.75) is 245 Å². The first-order valence-corrected chi connectivity index (χ1v) is 22.0. The van der Waals surface area contributed by atoms with Crippen LogP contribution in [-0.2, 0) is 9.59 Å². The minimum atomic E-state index is -0.0516. The quantitative estimate of drug-likeness (QED) is 0.0561. The van der Waals surface area contributed by atoms with Gasteiger partial charge in [0, 0.05) is 37.7 Å². The van der Waals surface area contributed by atoms with Crippen LogP contribution in [0.25, 0.3) is 0 Å². The first-order chi connectivity index (χ1) is 24.0. The number of hydrogen-bond donors (Lipinski definition) is 3. The highest BCUT2D eigenvalue weighted by molar-refractivity contribution is 5.77. The zero-order valence-electron chi connectivity index (χ0n) is 33.6. The van der Waals surface area contributed by atoms with E-state index in [-0.39, 0.29) is 17.9 Å². The largest absolute Gasteiger partial charge is 0.387 e. The summed E-state index contributed by atoms with van der Waals surface area (Å²) in [6, 6.07) is -0.0516. The number of amides is 2. The first-order valence-electron chi connectivity index (χ1n) is 22.0. The van der Waals surface area contributed by atoms with E-state index >= 15 is 0 Å². The van der Waals surface area contributed by atoms with Gasteiger partial charge in [-0.25, -0.2) is 0 Å². The average molecular weight is 690 g/mol. The summed E-state index contributed by atoms with van der Waals surface area (Å²) in [5.41, 5.74) is 1.05. The Hall–Kier alpha value is -1.52. The Morgan fingerprint density at radius 3 is 1.14 bits per heavy atom. The van der Waals surface area contributed by atoms with Crippen molar-refractivity contribution in [1.82, 2.24) is 16.0 Å². The van der Waals surface area contributed by atoms with E-state index in [2.05, 4.69) is 36.4 Å². The number of allylic oxidation sites excluding steroid dienone is 1. The normalized spacial score (nSPS) is 11.8. The topological polar surface area (TPSA) is 70.2 Å². The highest BCUT2D eigenvalue weighted by atomic mass is 16.2. The van der Waals surface area contributed by atoms with E-state index in [1.54, 1.807) is 0 Å². The first kappa shape index (κ1) is 47.5. The lowest BCUT2D eigenvalue weighted by Gasteiger charge is -2.21. The zero-order valence-corrected chi connectivity index (χ0v) is 33.6. The monoisotopic (exact) mass is 690 g/mol. The van der Waals surface area contributed by atoms with Gasteiger partial charge in [-0.2, -0.15) is 0 Å². The summed E-state index contributed by atoms with van der Waals surface area (Å²) in [4.78, 5) is 24.9. The summed E-state index contributed by atoms with van der Waals surface area (Å²) in [6.07, 6.45) is 43.2. The molecule has 5 heteroatoms. The molecule has 0 aromatic rings. The fourth-order valence-corrected chi connectivity index (χ4v) is 6.84. The third kappa shape index (κ3) is 37.6. The van der Waals surface area contributed by atoms with E-state index in [9.17, 15) is 9.59 Å². The molecule has 0 rings (SSSR count). The molecule has 0 aromatic carbocycles. The minimum absolute atomic E-state index is 0.0516. The van der Waals surface area contributed by atoms with Gasteiger partial charge < -0.3 is 16.0 Å². The molecule has 1 unspecified atom stereocenters. The maximum atomic E-state index is 12.8. The minimum Gasteiger partial charge on any atom is -0.387 e. The van der Waals surface area contributed by atoms with Crippen LogP contribution in [0.15, 0.2) is 12.3 Å². The van der Waals surface area contributed by atoms with Crippen molar-refractivity contribution in [3.05, 3.63) is 12.3 Å². The molecule has 0 fully saturated rings. The van der Waals surface area contributed by atoms with Crippen LogP contribution in [0.3, 0.4) is 0 Å². The molecule has 5 nitrogen and oxygen atoms in total. The van der Waals surface area contributed by atoms with Gasteiger partial charge in [-0.15, -0.1) is 0 Å².